The van der Waals surface area contributed by atoms with Crippen LogP contribution in [0.25, 0.3) is 11.3 Å². The van der Waals surface area contributed by atoms with Crippen molar-refractivity contribution in [3.05, 3.63) is 63.5 Å². The molecule has 7 heteroatoms. The summed E-state index contributed by atoms with van der Waals surface area (Å²) in [6.45, 7) is 0. The van der Waals surface area contributed by atoms with E-state index in [0.29, 0.717) is 31.4 Å². The maximum Gasteiger partial charge on any atom is 0.268 e. The van der Waals surface area contributed by atoms with Gasteiger partial charge >= 0.3 is 0 Å². The first kappa shape index (κ1) is 15.8. The van der Waals surface area contributed by atoms with Crippen molar-refractivity contribution in [3.8, 4) is 11.3 Å². The van der Waals surface area contributed by atoms with Crippen LogP contribution < -0.4 is 11.1 Å². The van der Waals surface area contributed by atoms with Crippen LogP contribution in [-0.2, 0) is 0 Å². The number of aromatic nitrogens is 1. The zero-order valence-corrected chi connectivity index (χ0v) is 14.0. The Morgan fingerprint density at radius 1 is 1.13 bits per heavy atom. The van der Waals surface area contributed by atoms with Gasteiger partial charge in [0, 0.05) is 10.6 Å². The summed E-state index contributed by atoms with van der Waals surface area (Å²) in [5.41, 5.74) is 7.59. The number of hydrogen-bond acceptors (Lipinski definition) is 4. The molecule has 0 radical (unpaired) electrons. The molecule has 3 rings (SSSR count). The Bertz CT molecular complexity index is 865. The quantitative estimate of drug-likeness (QED) is 0.691. The van der Waals surface area contributed by atoms with E-state index in [2.05, 4.69) is 10.3 Å². The lowest BCUT2D eigenvalue weighted by Gasteiger charge is -2.07. The Hall–Kier alpha value is -2.08. The molecule has 1 heterocycles. The smallest absolute Gasteiger partial charge is 0.268 e. The highest BCUT2D eigenvalue weighted by Crippen LogP contribution is 2.32. The zero-order valence-electron chi connectivity index (χ0n) is 11.7. The van der Waals surface area contributed by atoms with Gasteiger partial charge in [0.25, 0.3) is 5.91 Å². The van der Waals surface area contributed by atoms with Crippen LogP contribution in [0, 0.1) is 0 Å². The average Bonchev–Trinajstić information content (AvgIpc) is 2.94. The number of benzene rings is 2. The minimum absolute atomic E-state index is 0.325. The Balaban J connectivity index is 1.96. The van der Waals surface area contributed by atoms with Gasteiger partial charge in [-0.2, -0.15) is 0 Å². The molecule has 1 amide bonds. The van der Waals surface area contributed by atoms with Gasteiger partial charge < -0.3 is 11.1 Å². The summed E-state index contributed by atoms with van der Waals surface area (Å²) < 4.78 is 0. The molecule has 4 nitrogen and oxygen atoms in total. The summed E-state index contributed by atoms with van der Waals surface area (Å²) in [5, 5.41) is 3.96. The topological polar surface area (TPSA) is 68.0 Å². The molecule has 1 aromatic heterocycles. The maximum atomic E-state index is 12.6. The molecule has 3 aromatic rings. The van der Waals surface area contributed by atoms with Gasteiger partial charge in [-0.15, -0.1) is 0 Å². The Kier molecular flexibility index (Phi) is 4.52. The first-order chi connectivity index (χ1) is 11.0. The number of nitrogens with zero attached hydrogens (tertiary/aromatic N) is 1. The summed E-state index contributed by atoms with van der Waals surface area (Å²) in [5.74, 6) is -0.331. The Morgan fingerprint density at radius 3 is 2.61 bits per heavy atom. The van der Waals surface area contributed by atoms with Gasteiger partial charge in [-0.05, 0) is 18.2 Å². The van der Waals surface area contributed by atoms with Crippen LogP contribution in [0.1, 0.15) is 9.67 Å². The van der Waals surface area contributed by atoms with Crippen LogP contribution in [0.2, 0.25) is 10.0 Å². The monoisotopic (exact) mass is 363 g/mol. The Labute approximate surface area is 146 Å². The third kappa shape index (κ3) is 3.47. The standard InChI is InChI=1S/C16H11Cl2N3OS/c17-10-6-7-11(18)12(8-10)20-15(22)14-13(21-16(19)23-14)9-4-2-1-3-5-9/h1-8H,(H2,19,21)(H,20,22). The molecule has 23 heavy (non-hydrogen) atoms. The lowest BCUT2D eigenvalue weighted by molar-refractivity contribution is 0.103. The van der Waals surface area contributed by atoms with Crippen molar-refractivity contribution in [2.24, 2.45) is 0 Å². The number of carbonyl (C=O) groups excluding carboxylic acids is 1. The van der Waals surface area contributed by atoms with Crippen molar-refractivity contribution >= 4 is 51.3 Å². The van der Waals surface area contributed by atoms with Crippen LogP contribution in [0.4, 0.5) is 10.8 Å². The highest BCUT2D eigenvalue weighted by atomic mass is 35.5. The fraction of sp³-hybridized carbons (Fsp3) is 0. The van der Waals surface area contributed by atoms with Gasteiger partial charge in [0.1, 0.15) is 4.88 Å². The van der Waals surface area contributed by atoms with Gasteiger partial charge in [0.2, 0.25) is 0 Å². The van der Waals surface area contributed by atoms with Gasteiger partial charge in [-0.25, -0.2) is 4.98 Å². The molecule has 0 aliphatic carbocycles. The fourth-order valence-electron chi connectivity index (χ4n) is 2.05. The second-order valence-electron chi connectivity index (χ2n) is 4.67. The number of rotatable bonds is 3. The maximum absolute atomic E-state index is 12.6. The van der Waals surface area contributed by atoms with Crippen LogP contribution in [-0.4, -0.2) is 10.9 Å². The molecule has 0 bridgehead atoms. The van der Waals surface area contributed by atoms with Crippen molar-refractivity contribution < 1.29 is 4.79 Å². The van der Waals surface area contributed by atoms with E-state index in [9.17, 15) is 4.79 Å². The normalized spacial score (nSPS) is 10.5. The van der Waals surface area contributed by atoms with E-state index in [4.69, 9.17) is 28.9 Å². The highest BCUT2D eigenvalue weighted by Gasteiger charge is 2.19. The first-order valence-electron chi connectivity index (χ1n) is 6.62. The minimum atomic E-state index is -0.331. The van der Waals surface area contributed by atoms with E-state index < -0.39 is 0 Å². The summed E-state index contributed by atoms with van der Waals surface area (Å²) >= 11 is 13.1. The van der Waals surface area contributed by atoms with E-state index in [1.165, 1.54) is 0 Å². The number of nitrogens with one attached hydrogen (secondary N) is 1. The van der Waals surface area contributed by atoms with E-state index in [0.717, 1.165) is 16.9 Å². The van der Waals surface area contributed by atoms with Crippen LogP contribution in [0.15, 0.2) is 48.5 Å². The predicted molar refractivity (Wildman–Crippen MR) is 96.4 cm³/mol. The number of amides is 1. The largest absolute Gasteiger partial charge is 0.375 e. The predicted octanol–water partition coefficient (Wildman–Crippen LogP) is 4.95. The number of thiazole rings is 1. The molecule has 0 aliphatic rings. The molecule has 0 atom stereocenters. The molecule has 0 spiro atoms. The number of nitrogen functional groups attached to an aromatic ring is 1. The van der Waals surface area contributed by atoms with Crippen LogP contribution >= 0.6 is 34.5 Å². The number of halogens is 2. The summed E-state index contributed by atoms with van der Waals surface area (Å²) in [7, 11) is 0. The fourth-order valence-corrected chi connectivity index (χ4v) is 3.14. The van der Waals surface area contributed by atoms with Crippen molar-refractivity contribution in [1.29, 1.82) is 0 Å². The third-order valence-electron chi connectivity index (χ3n) is 3.07. The molecule has 0 saturated carbocycles. The molecular weight excluding hydrogens is 353 g/mol. The molecule has 2 aromatic carbocycles. The minimum Gasteiger partial charge on any atom is -0.375 e. The molecule has 116 valence electrons. The molecule has 0 fully saturated rings. The number of anilines is 2. The van der Waals surface area contributed by atoms with Crippen molar-refractivity contribution in [1.82, 2.24) is 4.98 Å². The second kappa shape index (κ2) is 6.58. The molecular formula is C16H11Cl2N3OS. The molecule has 0 unspecified atom stereocenters. The van der Waals surface area contributed by atoms with Gasteiger partial charge in [0.05, 0.1) is 16.4 Å². The highest BCUT2D eigenvalue weighted by molar-refractivity contribution is 7.17. The van der Waals surface area contributed by atoms with Crippen LogP contribution in [0.3, 0.4) is 0 Å². The van der Waals surface area contributed by atoms with Gasteiger partial charge in [-0.3, -0.25) is 4.79 Å². The summed E-state index contributed by atoms with van der Waals surface area (Å²) in [6.07, 6.45) is 0. The second-order valence-corrected chi connectivity index (χ2v) is 6.55. The van der Waals surface area contributed by atoms with Crippen molar-refractivity contribution in [2.75, 3.05) is 11.1 Å². The molecule has 3 N–H and O–H groups in total. The lowest BCUT2D eigenvalue weighted by Crippen LogP contribution is -2.11. The third-order valence-corrected chi connectivity index (χ3v) is 4.52. The first-order valence-corrected chi connectivity index (χ1v) is 8.20. The van der Waals surface area contributed by atoms with Gasteiger partial charge in [0.15, 0.2) is 5.13 Å². The zero-order chi connectivity index (χ0) is 16.4. The summed E-state index contributed by atoms with van der Waals surface area (Å²) in [4.78, 5) is 17.3. The van der Waals surface area contributed by atoms with E-state index in [1.54, 1.807) is 18.2 Å². The summed E-state index contributed by atoms with van der Waals surface area (Å²) in [6, 6.07) is 14.3. The SMILES string of the molecule is Nc1nc(-c2ccccc2)c(C(=O)Nc2cc(Cl)ccc2Cl)s1. The Morgan fingerprint density at radius 2 is 1.87 bits per heavy atom. The van der Waals surface area contributed by atoms with E-state index >= 15 is 0 Å². The molecule has 0 aliphatic heterocycles. The number of nitrogens with two attached hydrogens (primary N) is 1. The van der Waals surface area contributed by atoms with E-state index in [1.807, 2.05) is 30.3 Å². The van der Waals surface area contributed by atoms with Crippen molar-refractivity contribution in [2.45, 2.75) is 0 Å². The van der Waals surface area contributed by atoms with E-state index in [-0.39, 0.29) is 5.91 Å². The van der Waals surface area contributed by atoms with Crippen molar-refractivity contribution in [3.63, 3.8) is 0 Å². The number of carbonyl (C=O) groups is 1. The number of hydrogen-bond donors (Lipinski definition) is 2. The lowest BCUT2D eigenvalue weighted by atomic mass is 10.1. The molecule has 0 saturated heterocycles. The van der Waals surface area contributed by atoms with Crippen LogP contribution in [0.5, 0.6) is 0 Å². The van der Waals surface area contributed by atoms with Gasteiger partial charge in [-0.1, -0.05) is 64.9 Å². The average molecular weight is 364 g/mol.